The second kappa shape index (κ2) is 7.28. The van der Waals surface area contributed by atoms with Gasteiger partial charge in [0.15, 0.2) is 5.89 Å². The molecular weight excluding hydrogens is 314 g/mol. The number of rotatable bonds is 5. The van der Waals surface area contributed by atoms with E-state index in [-0.39, 0.29) is 0 Å². The van der Waals surface area contributed by atoms with E-state index >= 15 is 0 Å². The molecule has 1 aromatic heterocycles. The molecule has 0 amide bonds. The van der Waals surface area contributed by atoms with Crippen molar-refractivity contribution < 1.29 is 9.52 Å². The third-order valence-electron chi connectivity index (χ3n) is 5.57. The highest BCUT2D eigenvalue weighted by molar-refractivity contribution is 5.15. The molecule has 0 saturated carbocycles. The molecule has 2 fully saturated rings. The summed E-state index contributed by atoms with van der Waals surface area (Å²) in [5.74, 6) is 1.30. The van der Waals surface area contributed by atoms with Crippen LogP contribution in [-0.4, -0.2) is 58.2 Å². The average Bonchev–Trinajstić information content (AvgIpc) is 3.27. The normalized spacial score (nSPS) is 26.3. The van der Waals surface area contributed by atoms with Gasteiger partial charge < -0.3 is 14.4 Å². The number of aromatic nitrogens is 1. The number of oxazole rings is 1. The summed E-state index contributed by atoms with van der Waals surface area (Å²) in [7, 11) is 0. The van der Waals surface area contributed by atoms with E-state index < -0.39 is 5.60 Å². The van der Waals surface area contributed by atoms with Gasteiger partial charge in [-0.05, 0) is 37.9 Å². The highest BCUT2D eigenvalue weighted by Crippen LogP contribution is 2.29. The van der Waals surface area contributed by atoms with Crippen molar-refractivity contribution in [3.05, 3.63) is 54.2 Å². The molecule has 2 saturated heterocycles. The average molecular weight is 341 g/mol. The number of hydrogen-bond acceptors (Lipinski definition) is 5. The van der Waals surface area contributed by atoms with Crippen molar-refractivity contribution in [3.8, 4) is 0 Å². The number of aliphatic hydroxyl groups is 1. The van der Waals surface area contributed by atoms with Gasteiger partial charge >= 0.3 is 0 Å². The molecule has 3 heterocycles. The van der Waals surface area contributed by atoms with Gasteiger partial charge in [-0.3, -0.25) is 4.90 Å². The topological polar surface area (TPSA) is 52.7 Å². The van der Waals surface area contributed by atoms with E-state index in [1.54, 1.807) is 12.5 Å². The second-order valence-electron chi connectivity index (χ2n) is 7.59. The molecule has 0 radical (unpaired) electrons. The van der Waals surface area contributed by atoms with Crippen molar-refractivity contribution in [3.63, 3.8) is 0 Å². The molecule has 2 aromatic rings. The van der Waals surface area contributed by atoms with E-state index in [0.717, 1.165) is 64.4 Å². The molecule has 1 aromatic carbocycles. The van der Waals surface area contributed by atoms with Gasteiger partial charge in [-0.15, -0.1) is 0 Å². The van der Waals surface area contributed by atoms with Gasteiger partial charge in [-0.2, -0.15) is 0 Å². The van der Waals surface area contributed by atoms with Crippen LogP contribution in [0.3, 0.4) is 0 Å². The molecular formula is C20H27N3O2. The summed E-state index contributed by atoms with van der Waals surface area (Å²) < 4.78 is 5.45. The monoisotopic (exact) mass is 341 g/mol. The summed E-state index contributed by atoms with van der Waals surface area (Å²) in [6, 6.07) is 10.5. The zero-order chi connectivity index (χ0) is 17.1. The molecule has 4 rings (SSSR count). The highest BCUT2D eigenvalue weighted by Gasteiger charge is 2.38. The van der Waals surface area contributed by atoms with Crippen molar-refractivity contribution in [2.24, 2.45) is 0 Å². The van der Waals surface area contributed by atoms with Gasteiger partial charge in [-0.25, -0.2) is 4.98 Å². The fourth-order valence-electron chi connectivity index (χ4n) is 4.24. The smallest absolute Gasteiger partial charge is 0.197 e. The van der Waals surface area contributed by atoms with Crippen molar-refractivity contribution in [1.82, 2.24) is 14.8 Å². The third-order valence-corrected chi connectivity index (χ3v) is 5.57. The molecule has 1 N–H and O–H groups in total. The van der Waals surface area contributed by atoms with Crippen LogP contribution in [0, 0.1) is 0 Å². The van der Waals surface area contributed by atoms with Crippen LogP contribution in [0.1, 0.15) is 36.6 Å². The van der Waals surface area contributed by atoms with E-state index in [0.29, 0.717) is 5.92 Å². The molecule has 2 aliphatic rings. The Hall–Kier alpha value is -1.69. The van der Waals surface area contributed by atoms with Gasteiger partial charge in [-0.1, -0.05) is 30.3 Å². The van der Waals surface area contributed by atoms with Crippen LogP contribution in [0.2, 0.25) is 0 Å². The van der Waals surface area contributed by atoms with Crippen molar-refractivity contribution in [2.75, 3.05) is 32.7 Å². The maximum atomic E-state index is 11.0. The Balaban J connectivity index is 1.27. The Labute approximate surface area is 149 Å². The molecule has 134 valence electrons. The first-order valence-electron chi connectivity index (χ1n) is 9.31. The Morgan fingerprint density at radius 3 is 2.64 bits per heavy atom. The zero-order valence-electron chi connectivity index (χ0n) is 14.7. The second-order valence-corrected chi connectivity index (χ2v) is 7.59. The molecule has 5 heteroatoms. The summed E-state index contributed by atoms with van der Waals surface area (Å²) in [6.07, 6.45) is 6.36. The first-order chi connectivity index (χ1) is 12.2. The van der Waals surface area contributed by atoms with Gasteiger partial charge in [0.1, 0.15) is 6.26 Å². The number of piperidine rings is 1. The van der Waals surface area contributed by atoms with E-state index in [1.165, 1.54) is 5.56 Å². The minimum atomic E-state index is -0.579. The van der Waals surface area contributed by atoms with Gasteiger partial charge in [0, 0.05) is 32.1 Å². The number of nitrogens with zero attached hydrogens (tertiary/aromatic N) is 3. The van der Waals surface area contributed by atoms with Crippen LogP contribution in [0.25, 0.3) is 0 Å². The molecule has 0 spiro atoms. The van der Waals surface area contributed by atoms with Crippen LogP contribution in [0.5, 0.6) is 0 Å². The predicted octanol–water partition coefficient (Wildman–Crippen LogP) is 2.49. The van der Waals surface area contributed by atoms with Crippen LogP contribution in [0.15, 0.2) is 47.2 Å². The van der Waals surface area contributed by atoms with Gasteiger partial charge in [0.2, 0.25) is 0 Å². The lowest BCUT2D eigenvalue weighted by Crippen LogP contribution is -2.47. The first-order valence-corrected chi connectivity index (χ1v) is 9.31. The van der Waals surface area contributed by atoms with E-state index in [9.17, 15) is 5.11 Å². The first kappa shape index (κ1) is 16.8. The highest BCUT2D eigenvalue weighted by atomic mass is 16.3. The maximum Gasteiger partial charge on any atom is 0.197 e. The van der Waals surface area contributed by atoms with Crippen molar-refractivity contribution in [2.45, 2.75) is 37.3 Å². The van der Waals surface area contributed by atoms with Gasteiger partial charge in [0.25, 0.3) is 0 Å². The minimum Gasteiger partial charge on any atom is -0.449 e. The SMILES string of the molecule is OC1(CN2CCC(c3ncco3)CC2)CCN(Cc2ccccc2)C1. The number of benzene rings is 1. The Morgan fingerprint density at radius 2 is 1.92 bits per heavy atom. The van der Waals surface area contributed by atoms with E-state index in [2.05, 4.69) is 39.0 Å². The lowest BCUT2D eigenvalue weighted by Gasteiger charge is -2.35. The fourth-order valence-corrected chi connectivity index (χ4v) is 4.24. The lowest BCUT2D eigenvalue weighted by molar-refractivity contribution is 0.00416. The molecule has 1 atom stereocenters. The van der Waals surface area contributed by atoms with Crippen LogP contribution in [-0.2, 0) is 6.54 Å². The van der Waals surface area contributed by atoms with E-state index in [1.807, 2.05) is 6.07 Å². The molecule has 0 aliphatic carbocycles. The summed E-state index contributed by atoms with van der Waals surface area (Å²) in [5.41, 5.74) is 0.739. The van der Waals surface area contributed by atoms with Crippen LogP contribution < -0.4 is 0 Å². The zero-order valence-corrected chi connectivity index (χ0v) is 14.7. The number of β-amino-alcohol motifs (C(OH)–C–C–N with tert-alkyl or cyclic N) is 1. The third kappa shape index (κ3) is 4.11. The van der Waals surface area contributed by atoms with Crippen LogP contribution >= 0.6 is 0 Å². The van der Waals surface area contributed by atoms with Gasteiger partial charge in [0.05, 0.1) is 11.8 Å². The van der Waals surface area contributed by atoms with Crippen molar-refractivity contribution in [1.29, 1.82) is 0 Å². The summed E-state index contributed by atoms with van der Waals surface area (Å²) in [6.45, 7) is 5.45. The standard InChI is InChI=1S/C20H27N3O2/c24-20(8-12-23(16-20)14-17-4-2-1-3-5-17)15-22-10-6-18(7-11-22)19-21-9-13-25-19/h1-5,9,13,18,24H,6-8,10-12,14-16H2. The minimum absolute atomic E-state index is 0.430. The molecule has 25 heavy (non-hydrogen) atoms. The quantitative estimate of drug-likeness (QED) is 0.905. The maximum absolute atomic E-state index is 11.0. The Morgan fingerprint density at radius 1 is 1.12 bits per heavy atom. The van der Waals surface area contributed by atoms with Crippen LogP contribution in [0.4, 0.5) is 0 Å². The molecule has 2 aliphatic heterocycles. The lowest BCUT2D eigenvalue weighted by atomic mass is 9.94. The Bertz CT molecular complexity index is 653. The van der Waals surface area contributed by atoms with E-state index in [4.69, 9.17) is 4.42 Å². The largest absolute Gasteiger partial charge is 0.449 e. The van der Waals surface area contributed by atoms with Crippen molar-refractivity contribution >= 4 is 0 Å². The molecule has 5 nitrogen and oxygen atoms in total. The predicted molar refractivity (Wildman–Crippen MR) is 96.2 cm³/mol. The number of likely N-dealkylation sites (tertiary alicyclic amines) is 2. The summed E-state index contributed by atoms with van der Waals surface area (Å²) in [5, 5.41) is 11.0. The summed E-state index contributed by atoms with van der Waals surface area (Å²) in [4.78, 5) is 9.07. The molecule has 0 bridgehead atoms. The fraction of sp³-hybridized carbons (Fsp3) is 0.550. The molecule has 1 unspecified atom stereocenters. The number of hydrogen-bond donors (Lipinski definition) is 1. The Kier molecular flexibility index (Phi) is 4.88. The summed E-state index contributed by atoms with van der Waals surface area (Å²) >= 11 is 0.